The number of carboxylic acid groups (broad SMARTS) is 1. The highest BCUT2D eigenvalue weighted by Crippen LogP contribution is 2.37. The zero-order chi connectivity index (χ0) is 39.7. The van der Waals surface area contributed by atoms with Gasteiger partial charge in [-0.3, -0.25) is 9.59 Å². The molecule has 0 bridgehead atoms. The molecule has 292 valence electrons. The van der Waals surface area contributed by atoms with Gasteiger partial charge in [0.15, 0.2) is 0 Å². The third kappa shape index (κ3) is 8.63. The van der Waals surface area contributed by atoms with Gasteiger partial charge in [-0.15, -0.1) is 0 Å². The van der Waals surface area contributed by atoms with E-state index >= 15 is 0 Å². The van der Waals surface area contributed by atoms with Gasteiger partial charge in [-0.05, 0) is 87.3 Å². The molecule has 6 rings (SSSR count). The SMILES string of the molecule is C=CC1=CCC(NC(=O)[C@@H]2CC(Oc3cc(-c4ccc5c(c4)CCCC5)nc4cc(OC)ccc34)CN2C(=O)[C@@H](NC(=O)OC(C)(C)C)C(C)C)(C(=O)O)C1. The number of benzene rings is 2. The van der Waals surface area contributed by atoms with E-state index in [1.54, 1.807) is 53.9 Å². The molecule has 1 aliphatic heterocycles. The summed E-state index contributed by atoms with van der Waals surface area (Å²) in [5.41, 5.74) is 3.30. The van der Waals surface area contributed by atoms with Crippen molar-refractivity contribution in [2.45, 2.75) is 109 Å². The number of pyridine rings is 1. The monoisotopic (exact) mass is 752 g/mol. The molecule has 1 fully saturated rings. The molecule has 2 aromatic carbocycles. The molecule has 3 N–H and O–H groups in total. The van der Waals surface area contributed by atoms with Crippen molar-refractivity contribution < 1.29 is 38.5 Å². The summed E-state index contributed by atoms with van der Waals surface area (Å²) in [6, 6.07) is 11.7. The number of aliphatic carboxylic acids is 1. The molecule has 2 aliphatic carbocycles. The lowest BCUT2D eigenvalue weighted by Crippen LogP contribution is -2.60. The fraction of sp³-hybridized carbons (Fsp3) is 0.465. The van der Waals surface area contributed by atoms with Crippen molar-refractivity contribution in [1.29, 1.82) is 0 Å². The van der Waals surface area contributed by atoms with E-state index in [-0.39, 0.29) is 31.7 Å². The first-order valence-electron chi connectivity index (χ1n) is 19.0. The predicted octanol–water partition coefficient (Wildman–Crippen LogP) is 6.53. The summed E-state index contributed by atoms with van der Waals surface area (Å²) < 4.78 is 17.8. The van der Waals surface area contributed by atoms with Crippen molar-refractivity contribution >= 4 is 34.8 Å². The Hall–Kier alpha value is -5.39. The summed E-state index contributed by atoms with van der Waals surface area (Å²) >= 11 is 0. The van der Waals surface area contributed by atoms with Crippen molar-refractivity contribution in [1.82, 2.24) is 20.5 Å². The zero-order valence-electron chi connectivity index (χ0n) is 32.6. The van der Waals surface area contributed by atoms with Gasteiger partial charge in [0.25, 0.3) is 0 Å². The number of aromatic nitrogens is 1. The topological polar surface area (TPSA) is 156 Å². The Labute approximate surface area is 322 Å². The quantitative estimate of drug-likeness (QED) is 0.198. The number of nitrogens with one attached hydrogen (secondary N) is 2. The van der Waals surface area contributed by atoms with Crippen LogP contribution in [0.25, 0.3) is 22.2 Å². The lowest BCUT2D eigenvalue weighted by molar-refractivity contribution is -0.149. The minimum Gasteiger partial charge on any atom is -0.497 e. The van der Waals surface area contributed by atoms with Gasteiger partial charge in [-0.1, -0.05) is 44.7 Å². The van der Waals surface area contributed by atoms with Crippen LogP contribution in [0.3, 0.4) is 0 Å². The van der Waals surface area contributed by atoms with Crippen LogP contribution in [0.2, 0.25) is 0 Å². The molecule has 3 amide bonds. The Bertz CT molecular complexity index is 2030. The van der Waals surface area contributed by atoms with Crippen LogP contribution in [-0.2, 0) is 32.0 Å². The second-order valence-corrected chi connectivity index (χ2v) is 16.2. The van der Waals surface area contributed by atoms with Crippen LogP contribution in [0.15, 0.2) is 66.8 Å². The number of carbonyl (C=O) groups is 4. The molecule has 1 saturated heterocycles. The van der Waals surface area contributed by atoms with Gasteiger partial charge in [0.05, 0.1) is 24.9 Å². The van der Waals surface area contributed by atoms with E-state index in [1.165, 1.54) is 22.4 Å². The minimum absolute atomic E-state index is 0.000513. The molecule has 12 nitrogen and oxygen atoms in total. The number of carboxylic acids is 1. The van der Waals surface area contributed by atoms with E-state index in [4.69, 9.17) is 19.2 Å². The average Bonchev–Trinajstić information content (AvgIpc) is 3.77. The lowest BCUT2D eigenvalue weighted by atomic mass is 9.90. The molecule has 0 spiro atoms. The fourth-order valence-corrected chi connectivity index (χ4v) is 7.71. The normalized spacial score (nSPS) is 21.4. The van der Waals surface area contributed by atoms with Crippen molar-refractivity contribution in [3.05, 3.63) is 77.9 Å². The first kappa shape index (κ1) is 39.3. The van der Waals surface area contributed by atoms with E-state index in [1.807, 2.05) is 24.3 Å². The maximum atomic E-state index is 14.4. The molecular weight excluding hydrogens is 700 g/mol. The van der Waals surface area contributed by atoms with E-state index in [9.17, 15) is 24.3 Å². The summed E-state index contributed by atoms with van der Waals surface area (Å²) in [6.45, 7) is 12.5. The van der Waals surface area contributed by atoms with Crippen LogP contribution < -0.4 is 20.1 Å². The number of hydrogen-bond acceptors (Lipinski definition) is 8. The van der Waals surface area contributed by atoms with Crippen LogP contribution in [0.1, 0.15) is 77.8 Å². The summed E-state index contributed by atoms with van der Waals surface area (Å²) in [7, 11) is 1.59. The average molecular weight is 753 g/mol. The lowest BCUT2D eigenvalue weighted by Gasteiger charge is -2.33. The standard InChI is InChI=1S/C43H52N4O8/c1-8-26-17-18-43(23-26,40(50)51)46-38(48)35-21-31(24-47(35)39(49)37(25(2)3)45-41(52)55-42(4,5)6)54-36-22-33(44-34-20-30(53-7)15-16-32(34)36)29-14-13-27-11-9-10-12-28(27)19-29/h8,13-17,19-20,22,25,31,35,37H,1,9-12,18,21,23-24H2,2-7H3,(H,45,52)(H,46,48)(H,50,51)/t31?,35-,37-,43?/m0/s1. The Morgan fingerprint density at radius 2 is 1.80 bits per heavy atom. The van der Waals surface area contributed by atoms with Gasteiger partial charge in [0.1, 0.15) is 40.8 Å². The van der Waals surface area contributed by atoms with E-state index < -0.39 is 53.2 Å². The number of aryl methyl sites for hydroxylation is 2. The molecule has 4 atom stereocenters. The summed E-state index contributed by atoms with van der Waals surface area (Å²) in [4.78, 5) is 60.6. The highest BCUT2D eigenvalue weighted by atomic mass is 16.6. The van der Waals surface area contributed by atoms with Crippen molar-refractivity contribution in [2.24, 2.45) is 5.92 Å². The van der Waals surface area contributed by atoms with Crippen LogP contribution in [-0.4, -0.2) is 81.8 Å². The number of carbonyl (C=O) groups excluding carboxylic acids is 3. The number of rotatable bonds is 11. The molecule has 0 saturated carbocycles. The van der Waals surface area contributed by atoms with Gasteiger partial charge in [0, 0.05) is 42.3 Å². The Balaban J connectivity index is 1.35. The maximum Gasteiger partial charge on any atom is 0.408 e. The fourth-order valence-electron chi connectivity index (χ4n) is 7.71. The Morgan fingerprint density at radius 1 is 1.05 bits per heavy atom. The Morgan fingerprint density at radius 3 is 2.45 bits per heavy atom. The minimum atomic E-state index is -1.59. The molecule has 3 aliphatic rings. The first-order chi connectivity index (χ1) is 26.1. The number of allylic oxidation sites excluding steroid dienone is 1. The van der Waals surface area contributed by atoms with Crippen LogP contribution in [0.5, 0.6) is 11.5 Å². The van der Waals surface area contributed by atoms with E-state index in [0.29, 0.717) is 28.3 Å². The largest absolute Gasteiger partial charge is 0.497 e. The van der Waals surface area contributed by atoms with E-state index in [0.717, 1.165) is 30.2 Å². The molecule has 55 heavy (non-hydrogen) atoms. The van der Waals surface area contributed by atoms with Gasteiger partial charge in [-0.2, -0.15) is 0 Å². The smallest absolute Gasteiger partial charge is 0.408 e. The van der Waals surface area contributed by atoms with Crippen LogP contribution in [0, 0.1) is 5.92 Å². The molecular formula is C43H52N4O8. The highest BCUT2D eigenvalue weighted by molar-refractivity contribution is 5.95. The number of likely N-dealkylation sites (tertiary alicyclic amines) is 1. The second kappa shape index (κ2) is 15.8. The summed E-state index contributed by atoms with van der Waals surface area (Å²) in [5, 5.41) is 16.5. The molecule has 1 aromatic heterocycles. The van der Waals surface area contributed by atoms with Crippen molar-refractivity contribution in [2.75, 3.05) is 13.7 Å². The number of methoxy groups -OCH3 is 1. The Kier molecular flexibility index (Phi) is 11.3. The van der Waals surface area contributed by atoms with Gasteiger partial charge >= 0.3 is 12.1 Å². The number of ether oxygens (including phenoxy) is 3. The molecule has 0 radical (unpaired) electrons. The zero-order valence-corrected chi connectivity index (χ0v) is 32.6. The highest BCUT2D eigenvalue weighted by Gasteiger charge is 2.49. The molecule has 2 heterocycles. The van der Waals surface area contributed by atoms with Gasteiger partial charge in [-0.25, -0.2) is 14.6 Å². The number of fused-ring (bicyclic) bond motifs is 2. The van der Waals surface area contributed by atoms with Gasteiger partial charge in [0.2, 0.25) is 11.8 Å². The number of alkyl carbamates (subject to hydrolysis) is 1. The number of amides is 3. The summed E-state index contributed by atoms with van der Waals surface area (Å²) in [6.07, 6.45) is 6.47. The first-order valence-corrected chi connectivity index (χ1v) is 19.0. The van der Waals surface area contributed by atoms with Gasteiger partial charge < -0.3 is 34.9 Å². The van der Waals surface area contributed by atoms with Crippen molar-refractivity contribution in [3.8, 4) is 22.8 Å². The maximum absolute atomic E-state index is 14.4. The third-order valence-electron chi connectivity index (χ3n) is 10.6. The summed E-state index contributed by atoms with van der Waals surface area (Å²) in [5.74, 6) is -1.54. The number of hydrogen-bond donors (Lipinski definition) is 3. The molecule has 3 aromatic rings. The molecule has 2 unspecified atom stereocenters. The third-order valence-corrected chi connectivity index (χ3v) is 10.6. The van der Waals surface area contributed by atoms with Crippen LogP contribution in [0.4, 0.5) is 4.79 Å². The second-order valence-electron chi connectivity index (χ2n) is 16.2. The predicted molar refractivity (Wildman–Crippen MR) is 209 cm³/mol. The number of nitrogens with zero attached hydrogens (tertiary/aromatic N) is 2. The molecule has 12 heteroatoms. The van der Waals surface area contributed by atoms with Crippen molar-refractivity contribution in [3.63, 3.8) is 0 Å². The van der Waals surface area contributed by atoms with E-state index in [2.05, 4.69) is 35.4 Å². The van der Waals surface area contributed by atoms with Crippen LogP contribution >= 0.6 is 0 Å².